The summed E-state index contributed by atoms with van der Waals surface area (Å²) in [5.74, 6) is 1.51. The Labute approximate surface area is 242 Å². The number of fused-ring (bicyclic) bond motifs is 1. The van der Waals surface area contributed by atoms with E-state index in [9.17, 15) is 4.79 Å². The Hall–Kier alpha value is -4.35. The number of aromatic nitrogens is 1. The van der Waals surface area contributed by atoms with Crippen molar-refractivity contribution in [2.45, 2.75) is 31.7 Å². The van der Waals surface area contributed by atoms with Gasteiger partial charge < -0.3 is 19.5 Å². The minimum atomic E-state index is -0.122. The van der Waals surface area contributed by atoms with Gasteiger partial charge in [0.15, 0.2) is 0 Å². The van der Waals surface area contributed by atoms with Gasteiger partial charge in [0.1, 0.15) is 11.5 Å². The number of carbonyl (C=O) groups excluding carboxylic acids is 1. The van der Waals surface area contributed by atoms with Crippen molar-refractivity contribution in [1.29, 1.82) is 0 Å². The van der Waals surface area contributed by atoms with Crippen LogP contribution in [0.4, 0.5) is 0 Å². The van der Waals surface area contributed by atoms with E-state index in [1.54, 1.807) is 0 Å². The van der Waals surface area contributed by atoms with E-state index in [4.69, 9.17) is 4.74 Å². The molecule has 1 aliphatic rings. The Bertz CT molecular complexity index is 1570. The van der Waals surface area contributed by atoms with Gasteiger partial charge in [0.05, 0.1) is 0 Å². The highest BCUT2D eigenvalue weighted by Gasteiger charge is 2.24. The van der Waals surface area contributed by atoms with Crippen molar-refractivity contribution < 1.29 is 9.53 Å². The molecule has 1 N–H and O–H groups in total. The number of hydrogen-bond donors (Lipinski definition) is 1. The number of benzene rings is 4. The summed E-state index contributed by atoms with van der Waals surface area (Å²) in [5.41, 5.74) is 4.63. The molecule has 0 bridgehead atoms. The quantitative estimate of drug-likeness (QED) is 0.191. The molecule has 1 fully saturated rings. The number of carbonyl (C=O) groups is 1. The van der Waals surface area contributed by atoms with Gasteiger partial charge >= 0.3 is 0 Å². The van der Waals surface area contributed by atoms with Crippen LogP contribution in [0.5, 0.6) is 11.5 Å². The SMILES string of the molecule is O=C(C[C@H](c1cccc(Oc2ccccc2)c1)c1cn(Cc2ccccc2)c2ccccc12)NCCN1CCCC1. The first-order valence-electron chi connectivity index (χ1n) is 14.7. The Morgan fingerprint density at radius 2 is 1.51 bits per heavy atom. The van der Waals surface area contributed by atoms with Gasteiger partial charge in [0.25, 0.3) is 0 Å². The molecular weight excluding hydrogens is 506 g/mol. The molecule has 1 atom stereocenters. The summed E-state index contributed by atoms with van der Waals surface area (Å²) < 4.78 is 8.50. The lowest BCUT2D eigenvalue weighted by atomic mass is 9.88. The fourth-order valence-corrected chi connectivity index (χ4v) is 5.91. The van der Waals surface area contributed by atoms with Gasteiger partial charge in [-0.25, -0.2) is 0 Å². The summed E-state index contributed by atoms with van der Waals surface area (Å²) in [6.07, 6.45) is 5.12. The van der Waals surface area contributed by atoms with Crippen molar-refractivity contribution in [2.75, 3.05) is 26.2 Å². The number of hydrogen-bond acceptors (Lipinski definition) is 3. The molecule has 41 heavy (non-hydrogen) atoms. The van der Waals surface area contributed by atoms with Gasteiger partial charge in [0.2, 0.25) is 5.91 Å². The van der Waals surface area contributed by atoms with Crippen LogP contribution in [0.15, 0.2) is 115 Å². The lowest BCUT2D eigenvalue weighted by Crippen LogP contribution is -2.34. The van der Waals surface area contributed by atoms with Crippen LogP contribution in [0.3, 0.4) is 0 Å². The van der Waals surface area contributed by atoms with E-state index in [1.807, 2.05) is 48.5 Å². The Kier molecular flexibility index (Phi) is 8.43. The summed E-state index contributed by atoms with van der Waals surface area (Å²) in [6, 6.07) is 37.1. The predicted octanol–water partition coefficient (Wildman–Crippen LogP) is 7.22. The highest BCUT2D eigenvalue weighted by molar-refractivity contribution is 5.87. The molecule has 4 aromatic carbocycles. The molecule has 0 spiro atoms. The lowest BCUT2D eigenvalue weighted by molar-refractivity contribution is -0.121. The van der Waals surface area contributed by atoms with Gasteiger partial charge in [-0.05, 0) is 73.0 Å². The molecule has 5 nitrogen and oxygen atoms in total. The van der Waals surface area contributed by atoms with Crippen molar-refractivity contribution in [3.8, 4) is 11.5 Å². The third kappa shape index (κ3) is 6.69. The second kappa shape index (κ2) is 12.9. The van der Waals surface area contributed by atoms with Crippen LogP contribution >= 0.6 is 0 Å². The summed E-state index contributed by atoms with van der Waals surface area (Å²) >= 11 is 0. The standard InChI is InChI=1S/C36H37N3O2/c40-36(37-20-23-38-21-9-10-22-38)25-33(29-14-11-17-31(24-29)41-30-15-5-2-6-16-30)34-27-39(26-28-12-3-1-4-13-28)35-19-8-7-18-32(34)35/h1-8,11-19,24,27,33H,9-10,20-23,25-26H2,(H,37,40)/t33-/m1/s1. The second-order valence-electron chi connectivity index (χ2n) is 10.9. The average molecular weight is 544 g/mol. The molecule has 2 heterocycles. The van der Waals surface area contributed by atoms with Crippen LogP contribution in [0.25, 0.3) is 10.9 Å². The first-order chi connectivity index (χ1) is 20.2. The molecule has 0 saturated carbocycles. The molecule has 1 aromatic heterocycles. The zero-order valence-corrected chi connectivity index (χ0v) is 23.4. The largest absolute Gasteiger partial charge is 0.457 e. The minimum absolute atomic E-state index is 0.0727. The number of rotatable bonds is 11. The highest BCUT2D eigenvalue weighted by Crippen LogP contribution is 2.37. The summed E-state index contributed by atoms with van der Waals surface area (Å²) in [7, 11) is 0. The van der Waals surface area contributed by atoms with Crippen LogP contribution in [0.2, 0.25) is 0 Å². The third-order valence-electron chi connectivity index (χ3n) is 7.97. The molecule has 0 radical (unpaired) electrons. The molecule has 1 amide bonds. The van der Waals surface area contributed by atoms with Crippen LogP contribution in [-0.2, 0) is 11.3 Å². The van der Waals surface area contributed by atoms with Crippen LogP contribution in [0, 0.1) is 0 Å². The first kappa shape index (κ1) is 26.9. The van der Waals surface area contributed by atoms with Crippen molar-refractivity contribution in [1.82, 2.24) is 14.8 Å². The molecule has 208 valence electrons. The molecule has 5 heteroatoms. The van der Waals surface area contributed by atoms with Gasteiger partial charge in [-0.1, -0.05) is 78.9 Å². The van der Waals surface area contributed by atoms with Crippen molar-refractivity contribution in [3.63, 3.8) is 0 Å². The molecule has 1 aliphatic heterocycles. The maximum Gasteiger partial charge on any atom is 0.220 e. The molecule has 1 saturated heterocycles. The number of amides is 1. The zero-order chi connectivity index (χ0) is 27.9. The van der Waals surface area contributed by atoms with Crippen molar-refractivity contribution in [3.05, 3.63) is 132 Å². The number of para-hydroxylation sites is 2. The van der Waals surface area contributed by atoms with E-state index in [1.165, 1.54) is 29.3 Å². The fourth-order valence-electron chi connectivity index (χ4n) is 5.91. The second-order valence-corrected chi connectivity index (χ2v) is 10.9. The van der Waals surface area contributed by atoms with E-state index < -0.39 is 0 Å². The number of likely N-dealkylation sites (tertiary alicyclic amines) is 1. The Balaban J connectivity index is 1.32. The smallest absolute Gasteiger partial charge is 0.220 e. The Morgan fingerprint density at radius 1 is 0.805 bits per heavy atom. The average Bonchev–Trinajstić information content (AvgIpc) is 3.66. The topological polar surface area (TPSA) is 46.5 Å². The van der Waals surface area contributed by atoms with Gasteiger partial charge in [0, 0.05) is 49.1 Å². The zero-order valence-electron chi connectivity index (χ0n) is 23.4. The van der Waals surface area contributed by atoms with Crippen molar-refractivity contribution in [2.24, 2.45) is 0 Å². The van der Waals surface area contributed by atoms with Crippen LogP contribution in [-0.4, -0.2) is 41.6 Å². The van der Waals surface area contributed by atoms with E-state index in [2.05, 4.69) is 81.6 Å². The third-order valence-corrected chi connectivity index (χ3v) is 7.97. The summed E-state index contributed by atoms with van der Waals surface area (Å²) in [4.78, 5) is 15.8. The number of ether oxygens (including phenoxy) is 1. The lowest BCUT2D eigenvalue weighted by Gasteiger charge is -2.19. The van der Waals surface area contributed by atoms with Gasteiger partial charge in [-0.3, -0.25) is 4.79 Å². The molecule has 5 aromatic rings. The van der Waals surface area contributed by atoms with Crippen molar-refractivity contribution >= 4 is 16.8 Å². The highest BCUT2D eigenvalue weighted by atomic mass is 16.5. The van der Waals surface area contributed by atoms with E-state index in [0.29, 0.717) is 13.0 Å². The molecule has 0 unspecified atom stereocenters. The van der Waals surface area contributed by atoms with E-state index in [0.717, 1.165) is 48.8 Å². The number of nitrogens with one attached hydrogen (secondary N) is 1. The normalized spacial score (nSPS) is 14.2. The minimum Gasteiger partial charge on any atom is -0.457 e. The van der Waals surface area contributed by atoms with Gasteiger partial charge in [-0.2, -0.15) is 0 Å². The fraction of sp³-hybridized carbons (Fsp3) is 0.250. The number of nitrogens with zero attached hydrogens (tertiary/aromatic N) is 2. The van der Waals surface area contributed by atoms with Crippen LogP contribution < -0.4 is 10.1 Å². The summed E-state index contributed by atoms with van der Waals surface area (Å²) in [6.45, 7) is 4.63. The molecule has 6 rings (SSSR count). The van der Waals surface area contributed by atoms with Crippen LogP contribution in [0.1, 0.15) is 41.9 Å². The summed E-state index contributed by atoms with van der Waals surface area (Å²) in [5, 5.41) is 4.38. The predicted molar refractivity (Wildman–Crippen MR) is 166 cm³/mol. The molecule has 0 aliphatic carbocycles. The maximum absolute atomic E-state index is 13.4. The first-order valence-corrected chi connectivity index (χ1v) is 14.7. The Morgan fingerprint density at radius 3 is 2.32 bits per heavy atom. The van der Waals surface area contributed by atoms with Gasteiger partial charge in [-0.15, -0.1) is 0 Å². The van der Waals surface area contributed by atoms with E-state index in [-0.39, 0.29) is 11.8 Å². The monoisotopic (exact) mass is 543 g/mol. The van der Waals surface area contributed by atoms with E-state index >= 15 is 0 Å². The maximum atomic E-state index is 13.4. The molecular formula is C36H37N3O2.